The first-order chi connectivity index (χ1) is 7.80. The minimum absolute atomic E-state index is 0.132. The first-order valence-corrected chi connectivity index (χ1v) is 5.62. The summed E-state index contributed by atoms with van der Waals surface area (Å²) in [5.74, 6) is 0.476. The molecule has 0 bridgehead atoms. The van der Waals surface area contributed by atoms with E-state index in [-0.39, 0.29) is 5.54 Å². The molecular weight excluding hydrogens is 229 g/mol. The van der Waals surface area contributed by atoms with Crippen LogP contribution in [-0.2, 0) is 6.18 Å². The lowest BCUT2D eigenvalue weighted by Crippen LogP contribution is -2.33. The maximum absolute atomic E-state index is 12.3. The first kappa shape index (κ1) is 13.8. The molecule has 0 aromatic carbocycles. The summed E-state index contributed by atoms with van der Waals surface area (Å²) in [6.07, 6.45) is -1.71. The average Bonchev–Trinajstić information content (AvgIpc) is 2.28. The third-order valence-corrected chi connectivity index (χ3v) is 3.08. The predicted molar refractivity (Wildman–Crippen MR) is 61.8 cm³/mol. The van der Waals surface area contributed by atoms with Crippen LogP contribution in [0.5, 0.6) is 0 Å². The van der Waals surface area contributed by atoms with E-state index in [9.17, 15) is 13.2 Å². The quantitative estimate of drug-likeness (QED) is 0.865. The molecule has 0 spiro atoms. The molecule has 0 aliphatic heterocycles. The van der Waals surface area contributed by atoms with E-state index in [0.29, 0.717) is 5.82 Å². The van der Waals surface area contributed by atoms with Gasteiger partial charge in [0.2, 0.25) is 0 Å². The minimum Gasteiger partial charge on any atom is -0.365 e. The molecule has 0 atom stereocenters. The van der Waals surface area contributed by atoms with E-state index in [0.717, 1.165) is 25.1 Å². The van der Waals surface area contributed by atoms with Crippen LogP contribution in [0.15, 0.2) is 18.3 Å². The summed E-state index contributed by atoms with van der Waals surface area (Å²) in [5.41, 5.74) is -0.856. The Morgan fingerprint density at radius 1 is 1.18 bits per heavy atom. The van der Waals surface area contributed by atoms with Gasteiger partial charge in [0.1, 0.15) is 5.82 Å². The Morgan fingerprint density at radius 3 is 2.12 bits per heavy atom. The lowest BCUT2D eigenvalue weighted by molar-refractivity contribution is -0.137. The topological polar surface area (TPSA) is 24.9 Å². The van der Waals surface area contributed by atoms with Crippen molar-refractivity contribution < 1.29 is 13.2 Å². The summed E-state index contributed by atoms with van der Waals surface area (Å²) in [5, 5.41) is 3.15. The van der Waals surface area contributed by atoms with Gasteiger partial charge in [-0.1, -0.05) is 13.8 Å². The molecule has 0 saturated carbocycles. The van der Waals surface area contributed by atoms with Crippen molar-refractivity contribution in [3.8, 4) is 0 Å². The van der Waals surface area contributed by atoms with E-state index >= 15 is 0 Å². The molecule has 0 radical (unpaired) electrons. The van der Waals surface area contributed by atoms with Crippen LogP contribution >= 0.6 is 0 Å². The molecule has 0 fully saturated rings. The van der Waals surface area contributed by atoms with Gasteiger partial charge in [-0.3, -0.25) is 0 Å². The number of nitrogens with one attached hydrogen (secondary N) is 1. The highest BCUT2D eigenvalue weighted by Gasteiger charge is 2.30. The second kappa shape index (κ2) is 4.94. The van der Waals surface area contributed by atoms with Crippen molar-refractivity contribution in [2.45, 2.75) is 45.3 Å². The van der Waals surface area contributed by atoms with E-state index in [1.54, 1.807) is 0 Å². The van der Waals surface area contributed by atoms with E-state index in [1.807, 2.05) is 20.8 Å². The summed E-state index contributed by atoms with van der Waals surface area (Å²) in [7, 11) is 0. The van der Waals surface area contributed by atoms with Crippen molar-refractivity contribution in [1.29, 1.82) is 0 Å². The smallest absolute Gasteiger partial charge is 0.365 e. The second-order valence-corrected chi connectivity index (χ2v) is 4.32. The Hall–Kier alpha value is -1.26. The average molecular weight is 246 g/mol. The number of aromatic nitrogens is 1. The summed E-state index contributed by atoms with van der Waals surface area (Å²) in [4.78, 5) is 3.79. The van der Waals surface area contributed by atoms with E-state index in [2.05, 4.69) is 10.3 Å². The SMILES string of the molecule is CCC(C)(CC)Nc1ccc(C(F)(F)F)cn1. The molecule has 1 aromatic rings. The number of hydrogen-bond donors (Lipinski definition) is 1. The summed E-state index contributed by atoms with van der Waals surface area (Å²) in [6, 6.07) is 2.41. The van der Waals surface area contributed by atoms with Crippen molar-refractivity contribution in [3.63, 3.8) is 0 Å². The zero-order valence-electron chi connectivity index (χ0n) is 10.2. The molecule has 96 valence electrons. The van der Waals surface area contributed by atoms with Gasteiger partial charge in [-0.15, -0.1) is 0 Å². The second-order valence-electron chi connectivity index (χ2n) is 4.32. The van der Waals surface area contributed by atoms with Gasteiger partial charge in [-0.2, -0.15) is 13.2 Å². The highest BCUT2D eigenvalue weighted by Crippen LogP contribution is 2.29. The Kier molecular flexibility index (Phi) is 4.01. The highest BCUT2D eigenvalue weighted by molar-refractivity contribution is 5.38. The van der Waals surface area contributed by atoms with Crippen LogP contribution in [0.2, 0.25) is 0 Å². The maximum atomic E-state index is 12.3. The number of halogens is 3. The highest BCUT2D eigenvalue weighted by atomic mass is 19.4. The Morgan fingerprint density at radius 2 is 1.76 bits per heavy atom. The molecule has 0 saturated heterocycles. The fourth-order valence-electron chi connectivity index (χ4n) is 1.37. The molecule has 1 N–H and O–H groups in total. The number of hydrogen-bond acceptors (Lipinski definition) is 2. The van der Waals surface area contributed by atoms with Crippen LogP contribution in [-0.4, -0.2) is 10.5 Å². The lowest BCUT2D eigenvalue weighted by Gasteiger charge is -2.28. The number of nitrogens with zero attached hydrogens (tertiary/aromatic N) is 1. The van der Waals surface area contributed by atoms with E-state index in [1.165, 1.54) is 6.07 Å². The van der Waals surface area contributed by atoms with Crippen molar-refractivity contribution in [1.82, 2.24) is 4.98 Å². The molecule has 5 heteroatoms. The van der Waals surface area contributed by atoms with Crippen molar-refractivity contribution in [2.75, 3.05) is 5.32 Å². The largest absolute Gasteiger partial charge is 0.417 e. The van der Waals surface area contributed by atoms with Crippen LogP contribution < -0.4 is 5.32 Å². The Labute approximate surface area is 99.3 Å². The van der Waals surface area contributed by atoms with Gasteiger partial charge in [0.25, 0.3) is 0 Å². The summed E-state index contributed by atoms with van der Waals surface area (Å²) < 4.78 is 37.0. The van der Waals surface area contributed by atoms with Gasteiger partial charge >= 0.3 is 6.18 Å². The lowest BCUT2D eigenvalue weighted by atomic mass is 9.95. The third-order valence-electron chi connectivity index (χ3n) is 3.08. The van der Waals surface area contributed by atoms with Gasteiger partial charge in [-0.25, -0.2) is 4.98 Å². The minimum atomic E-state index is -4.33. The molecule has 1 heterocycles. The zero-order chi connectivity index (χ0) is 13.1. The van der Waals surface area contributed by atoms with Crippen molar-refractivity contribution in [2.24, 2.45) is 0 Å². The Bertz CT molecular complexity index is 353. The van der Waals surface area contributed by atoms with Gasteiger partial charge < -0.3 is 5.32 Å². The van der Waals surface area contributed by atoms with Gasteiger partial charge in [0.05, 0.1) is 5.56 Å². The molecule has 2 nitrogen and oxygen atoms in total. The molecule has 0 aliphatic rings. The van der Waals surface area contributed by atoms with Gasteiger partial charge in [-0.05, 0) is 31.9 Å². The van der Waals surface area contributed by atoms with Gasteiger partial charge in [0.15, 0.2) is 0 Å². The van der Waals surface area contributed by atoms with Crippen LogP contribution in [0.4, 0.5) is 19.0 Å². The summed E-state index contributed by atoms with van der Waals surface area (Å²) in [6.45, 7) is 6.08. The van der Waals surface area contributed by atoms with E-state index in [4.69, 9.17) is 0 Å². The third kappa shape index (κ3) is 3.61. The number of alkyl halides is 3. The molecule has 1 aromatic heterocycles. The standard InChI is InChI=1S/C12H17F3N2/c1-4-11(3,5-2)17-10-7-6-9(8-16-10)12(13,14)15/h6-8H,4-5H2,1-3H3,(H,16,17). The van der Waals surface area contributed by atoms with Crippen molar-refractivity contribution >= 4 is 5.82 Å². The summed E-state index contributed by atoms with van der Waals surface area (Å²) >= 11 is 0. The number of pyridine rings is 1. The normalized spacial score (nSPS) is 12.6. The number of anilines is 1. The monoisotopic (exact) mass is 246 g/mol. The fourth-order valence-corrected chi connectivity index (χ4v) is 1.37. The zero-order valence-corrected chi connectivity index (χ0v) is 10.2. The predicted octanol–water partition coefficient (Wildman–Crippen LogP) is 4.09. The van der Waals surface area contributed by atoms with Gasteiger partial charge in [0, 0.05) is 11.7 Å². The molecule has 17 heavy (non-hydrogen) atoms. The van der Waals surface area contributed by atoms with Crippen LogP contribution in [0, 0.1) is 0 Å². The molecule has 0 unspecified atom stereocenters. The van der Waals surface area contributed by atoms with Crippen LogP contribution in [0.3, 0.4) is 0 Å². The maximum Gasteiger partial charge on any atom is 0.417 e. The van der Waals surface area contributed by atoms with Crippen LogP contribution in [0.1, 0.15) is 39.2 Å². The molecule has 0 amide bonds. The molecule has 0 aliphatic carbocycles. The molecule has 1 rings (SSSR count). The first-order valence-electron chi connectivity index (χ1n) is 5.62. The fraction of sp³-hybridized carbons (Fsp3) is 0.583. The van der Waals surface area contributed by atoms with Crippen molar-refractivity contribution in [3.05, 3.63) is 23.9 Å². The number of rotatable bonds is 4. The Balaban J connectivity index is 2.82. The molecular formula is C12H17F3N2. The van der Waals surface area contributed by atoms with Crippen LogP contribution in [0.25, 0.3) is 0 Å². The van der Waals surface area contributed by atoms with E-state index < -0.39 is 11.7 Å².